The van der Waals surface area contributed by atoms with Gasteiger partial charge in [0.15, 0.2) is 0 Å². The van der Waals surface area contributed by atoms with Gasteiger partial charge in [-0.05, 0) is 30.0 Å². The zero-order valence-corrected chi connectivity index (χ0v) is 12.8. The van der Waals surface area contributed by atoms with Crippen LogP contribution in [0.1, 0.15) is 23.5 Å². The molecule has 0 aliphatic heterocycles. The summed E-state index contributed by atoms with van der Waals surface area (Å²) in [6.45, 7) is 1.20. The lowest BCUT2D eigenvalue weighted by molar-refractivity contribution is -0.137. The highest BCUT2D eigenvalue weighted by Crippen LogP contribution is 2.15. The van der Waals surface area contributed by atoms with Crippen molar-refractivity contribution in [3.63, 3.8) is 0 Å². The lowest BCUT2D eigenvalue weighted by Crippen LogP contribution is -2.39. The van der Waals surface area contributed by atoms with Crippen LogP contribution < -0.4 is 5.32 Å². The Morgan fingerprint density at radius 2 is 2.14 bits per heavy atom. The molecule has 2 N–H and O–H groups in total. The van der Waals surface area contributed by atoms with Crippen LogP contribution in [-0.4, -0.2) is 28.6 Å². The van der Waals surface area contributed by atoms with Crippen LogP contribution >= 0.6 is 11.3 Å². The highest BCUT2D eigenvalue weighted by molar-refractivity contribution is 7.09. The van der Waals surface area contributed by atoms with Gasteiger partial charge in [0.25, 0.3) is 0 Å². The minimum Gasteiger partial charge on any atom is -0.481 e. The Bertz CT molecular complexity index is 544. The second-order valence-electron chi connectivity index (χ2n) is 4.74. The largest absolute Gasteiger partial charge is 0.481 e. The Balaban J connectivity index is 1.90. The molecule has 0 aliphatic carbocycles. The quantitative estimate of drug-likeness (QED) is 0.732. The number of hydrogen-bond donors (Lipinski definition) is 2. The topological polar surface area (TPSA) is 82.8 Å². The van der Waals surface area contributed by atoms with Gasteiger partial charge in [0.05, 0.1) is 19.4 Å². The van der Waals surface area contributed by atoms with Gasteiger partial charge in [0, 0.05) is 17.8 Å². The SMILES string of the molecule is O=C(O)CCCNC(=O)N(Cc1ccco1)Cc1cccs1. The molecule has 0 aromatic carbocycles. The Morgan fingerprint density at radius 3 is 2.77 bits per heavy atom. The average molecular weight is 322 g/mol. The number of aliphatic carboxylic acids is 1. The van der Waals surface area contributed by atoms with Crippen molar-refractivity contribution in [2.24, 2.45) is 0 Å². The number of hydrogen-bond acceptors (Lipinski definition) is 4. The molecule has 7 heteroatoms. The van der Waals surface area contributed by atoms with E-state index in [4.69, 9.17) is 9.52 Å². The fourth-order valence-electron chi connectivity index (χ4n) is 1.93. The molecule has 118 valence electrons. The van der Waals surface area contributed by atoms with Crippen LogP contribution in [0.2, 0.25) is 0 Å². The summed E-state index contributed by atoms with van der Waals surface area (Å²) in [5.41, 5.74) is 0. The number of furan rings is 1. The number of nitrogens with one attached hydrogen (secondary N) is 1. The van der Waals surface area contributed by atoms with Gasteiger partial charge in [-0.2, -0.15) is 0 Å². The van der Waals surface area contributed by atoms with Crippen molar-refractivity contribution in [2.75, 3.05) is 6.54 Å². The third-order valence-electron chi connectivity index (χ3n) is 2.98. The van der Waals surface area contributed by atoms with Gasteiger partial charge in [-0.25, -0.2) is 4.79 Å². The standard InChI is InChI=1S/C15H18N2O4S/c18-14(19)6-1-7-16-15(20)17(10-12-4-2-8-21-12)11-13-5-3-9-22-13/h2-5,8-9H,1,6-7,10-11H2,(H,16,20)(H,18,19). The summed E-state index contributed by atoms with van der Waals surface area (Å²) in [6.07, 6.45) is 2.03. The van der Waals surface area contributed by atoms with Gasteiger partial charge >= 0.3 is 12.0 Å². The summed E-state index contributed by atoms with van der Waals surface area (Å²) in [5.74, 6) is -0.155. The number of carboxylic acid groups (broad SMARTS) is 1. The van der Waals surface area contributed by atoms with E-state index in [0.29, 0.717) is 31.8 Å². The second-order valence-corrected chi connectivity index (χ2v) is 5.78. The first-order valence-electron chi connectivity index (χ1n) is 6.94. The first-order chi connectivity index (χ1) is 10.6. The zero-order valence-electron chi connectivity index (χ0n) is 12.0. The van der Waals surface area contributed by atoms with Crippen LogP contribution in [0.25, 0.3) is 0 Å². The molecule has 2 heterocycles. The number of thiophene rings is 1. The highest BCUT2D eigenvalue weighted by atomic mass is 32.1. The van der Waals surface area contributed by atoms with E-state index < -0.39 is 5.97 Å². The number of carbonyl (C=O) groups excluding carboxylic acids is 1. The maximum atomic E-state index is 12.3. The number of carboxylic acids is 1. The maximum Gasteiger partial charge on any atom is 0.318 e. The van der Waals surface area contributed by atoms with Crippen LogP contribution in [0.15, 0.2) is 40.3 Å². The van der Waals surface area contributed by atoms with Crippen molar-refractivity contribution in [3.8, 4) is 0 Å². The van der Waals surface area contributed by atoms with Gasteiger partial charge in [0.1, 0.15) is 5.76 Å². The lowest BCUT2D eigenvalue weighted by atomic mass is 10.3. The summed E-state index contributed by atoms with van der Waals surface area (Å²) >= 11 is 1.58. The van der Waals surface area contributed by atoms with Crippen molar-refractivity contribution in [1.29, 1.82) is 0 Å². The zero-order chi connectivity index (χ0) is 15.8. The van der Waals surface area contributed by atoms with E-state index >= 15 is 0 Å². The lowest BCUT2D eigenvalue weighted by Gasteiger charge is -2.21. The predicted octanol–water partition coefficient (Wildman–Crippen LogP) is 2.92. The molecule has 0 unspecified atom stereocenters. The number of nitrogens with zero attached hydrogens (tertiary/aromatic N) is 1. The minimum atomic E-state index is -0.861. The summed E-state index contributed by atoms with van der Waals surface area (Å²) in [7, 11) is 0. The molecular weight excluding hydrogens is 304 g/mol. The van der Waals surface area contributed by atoms with E-state index in [1.165, 1.54) is 0 Å². The summed E-state index contributed by atoms with van der Waals surface area (Å²) in [4.78, 5) is 25.5. The monoisotopic (exact) mass is 322 g/mol. The fraction of sp³-hybridized carbons (Fsp3) is 0.333. The molecule has 2 aromatic heterocycles. The summed E-state index contributed by atoms with van der Waals surface area (Å²) < 4.78 is 5.29. The van der Waals surface area contributed by atoms with E-state index in [2.05, 4.69) is 5.32 Å². The van der Waals surface area contributed by atoms with Crippen LogP contribution in [0.3, 0.4) is 0 Å². The number of amides is 2. The third kappa shape index (κ3) is 5.25. The van der Waals surface area contributed by atoms with Gasteiger partial charge in [-0.1, -0.05) is 6.07 Å². The Kier molecular flexibility index (Phi) is 6.02. The van der Waals surface area contributed by atoms with Crippen LogP contribution in [0, 0.1) is 0 Å². The molecule has 0 fully saturated rings. The first kappa shape index (κ1) is 16.1. The normalized spacial score (nSPS) is 10.4. The summed E-state index contributed by atoms with van der Waals surface area (Å²) in [5, 5.41) is 13.3. The van der Waals surface area contributed by atoms with E-state index in [1.54, 1.807) is 28.6 Å². The van der Waals surface area contributed by atoms with E-state index in [9.17, 15) is 9.59 Å². The molecule has 6 nitrogen and oxygen atoms in total. The summed E-state index contributed by atoms with van der Waals surface area (Å²) in [6, 6.07) is 7.28. The number of rotatable bonds is 8. The average Bonchev–Trinajstić information content (AvgIpc) is 3.16. The molecule has 0 spiro atoms. The predicted molar refractivity (Wildman–Crippen MR) is 82.5 cm³/mol. The van der Waals surface area contributed by atoms with Gasteiger partial charge in [-0.15, -0.1) is 11.3 Å². The molecule has 2 rings (SSSR count). The molecule has 0 aliphatic rings. The molecule has 0 bridgehead atoms. The molecular formula is C15H18N2O4S. The van der Waals surface area contributed by atoms with Crippen molar-refractivity contribution in [1.82, 2.24) is 10.2 Å². The Morgan fingerprint density at radius 1 is 1.27 bits per heavy atom. The number of carbonyl (C=O) groups is 2. The van der Waals surface area contributed by atoms with Crippen LogP contribution in [0.4, 0.5) is 4.79 Å². The first-order valence-corrected chi connectivity index (χ1v) is 7.82. The van der Waals surface area contributed by atoms with E-state index in [1.807, 2.05) is 23.6 Å². The smallest absolute Gasteiger partial charge is 0.318 e. The number of urea groups is 1. The van der Waals surface area contributed by atoms with E-state index in [-0.39, 0.29) is 12.5 Å². The molecule has 0 saturated heterocycles. The Hall–Kier alpha value is -2.28. The Labute approximate surface area is 132 Å². The maximum absolute atomic E-state index is 12.3. The third-order valence-corrected chi connectivity index (χ3v) is 3.85. The molecule has 0 saturated carbocycles. The van der Waals surface area contributed by atoms with Crippen LogP contribution in [0.5, 0.6) is 0 Å². The molecule has 2 amide bonds. The van der Waals surface area contributed by atoms with Gasteiger partial charge in [-0.3, -0.25) is 4.79 Å². The van der Waals surface area contributed by atoms with Crippen molar-refractivity contribution < 1.29 is 19.1 Å². The minimum absolute atomic E-state index is 0.0450. The molecule has 22 heavy (non-hydrogen) atoms. The second kappa shape index (κ2) is 8.23. The van der Waals surface area contributed by atoms with Crippen LogP contribution in [-0.2, 0) is 17.9 Å². The highest BCUT2D eigenvalue weighted by Gasteiger charge is 2.16. The molecule has 0 atom stereocenters. The van der Waals surface area contributed by atoms with Crippen molar-refractivity contribution in [3.05, 3.63) is 46.5 Å². The molecule has 0 radical (unpaired) electrons. The van der Waals surface area contributed by atoms with Gasteiger partial charge < -0.3 is 19.7 Å². The van der Waals surface area contributed by atoms with Crippen molar-refractivity contribution in [2.45, 2.75) is 25.9 Å². The fourth-order valence-corrected chi connectivity index (χ4v) is 2.65. The van der Waals surface area contributed by atoms with E-state index in [0.717, 1.165) is 4.88 Å². The van der Waals surface area contributed by atoms with Gasteiger partial charge in [0.2, 0.25) is 0 Å². The molecule has 2 aromatic rings. The van der Waals surface area contributed by atoms with Crippen molar-refractivity contribution >= 4 is 23.3 Å².